The van der Waals surface area contributed by atoms with Crippen LogP contribution in [0.3, 0.4) is 0 Å². The molecule has 0 radical (unpaired) electrons. The third kappa shape index (κ3) is 3.37. The fraction of sp³-hybridized carbons (Fsp3) is 0.417. The van der Waals surface area contributed by atoms with Gasteiger partial charge in [-0.25, -0.2) is 0 Å². The molecular formula is C12H15N3O3S. The minimum absolute atomic E-state index is 0.00731. The third-order valence-electron chi connectivity index (χ3n) is 3.00. The predicted octanol–water partition coefficient (Wildman–Crippen LogP) is 1.80. The number of anilines is 1. The van der Waals surface area contributed by atoms with Crippen molar-refractivity contribution in [2.75, 3.05) is 18.0 Å². The van der Waals surface area contributed by atoms with Gasteiger partial charge >= 0.3 is 0 Å². The second-order valence-corrected chi connectivity index (χ2v) is 5.78. The van der Waals surface area contributed by atoms with E-state index in [1.807, 2.05) is 11.8 Å². The van der Waals surface area contributed by atoms with Crippen LogP contribution in [0.5, 0.6) is 0 Å². The molecule has 1 aromatic rings. The van der Waals surface area contributed by atoms with Crippen molar-refractivity contribution in [2.45, 2.75) is 18.1 Å². The molecule has 0 bridgehead atoms. The van der Waals surface area contributed by atoms with Crippen molar-refractivity contribution >= 4 is 29.0 Å². The SMILES string of the molecule is Nc1cc(C(=O)NCC2CCCS2)ccc1[N+](=O)[O-]. The molecule has 1 aromatic carbocycles. The first-order valence-electron chi connectivity index (χ1n) is 6.01. The number of rotatable bonds is 4. The highest BCUT2D eigenvalue weighted by atomic mass is 32.2. The standard InChI is InChI=1S/C12H15N3O3S/c13-10-6-8(3-4-11(10)15(17)18)12(16)14-7-9-2-1-5-19-9/h3-4,6,9H,1-2,5,7,13H2,(H,14,16). The van der Waals surface area contributed by atoms with Gasteiger partial charge in [0.05, 0.1) is 4.92 Å². The molecule has 1 atom stereocenters. The van der Waals surface area contributed by atoms with Gasteiger partial charge in [0, 0.05) is 23.4 Å². The van der Waals surface area contributed by atoms with Crippen LogP contribution in [0, 0.1) is 10.1 Å². The molecule has 0 spiro atoms. The summed E-state index contributed by atoms with van der Waals surface area (Å²) in [6.45, 7) is 0.625. The van der Waals surface area contributed by atoms with Crippen LogP contribution in [-0.2, 0) is 0 Å². The van der Waals surface area contributed by atoms with Crippen molar-refractivity contribution in [3.05, 3.63) is 33.9 Å². The van der Waals surface area contributed by atoms with E-state index in [9.17, 15) is 14.9 Å². The third-order valence-corrected chi connectivity index (χ3v) is 4.40. The largest absolute Gasteiger partial charge is 0.393 e. The molecule has 1 aliphatic heterocycles. The molecule has 1 unspecified atom stereocenters. The number of nitro groups is 1. The Hall–Kier alpha value is -1.76. The molecule has 19 heavy (non-hydrogen) atoms. The number of nitrogens with one attached hydrogen (secondary N) is 1. The second kappa shape index (κ2) is 5.92. The topological polar surface area (TPSA) is 98.3 Å². The number of carbonyl (C=O) groups is 1. The highest BCUT2D eigenvalue weighted by Crippen LogP contribution is 2.25. The van der Waals surface area contributed by atoms with Crippen LogP contribution in [0.4, 0.5) is 11.4 Å². The van der Waals surface area contributed by atoms with E-state index in [4.69, 9.17) is 5.73 Å². The van der Waals surface area contributed by atoms with E-state index in [2.05, 4.69) is 5.32 Å². The van der Waals surface area contributed by atoms with Gasteiger partial charge in [0.15, 0.2) is 0 Å². The molecule has 1 fully saturated rings. The van der Waals surface area contributed by atoms with Crippen LogP contribution in [0.25, 0.3) is 0 Å². The van der Waals surface area contributed by atoms with Gasteiger partial charge in [0.2, 0.25) is 0 Å². The first-order valence-corrected chi connectivity index (χ1v) is 7.06. The lowest BCUT2D eigenvalue weighted by Crippen LogP contribution is -2.29. The summed E-state index contributed by atoms with van der Waals surface area (Å²) < 4.78 is 0. The Morgan fingerprint density at radius 2 is 2.37 bits per heavy atom. The zero-order valence-corrected chi connectivity index (χ0v) is 11.1. The van der Waals surface area contributed by atoms with Crippen LogP contribution in [-0.4, -0.2) is 28.4 Å². The van der Waals surface area contributed by atoms with Gasteiger partial charge in [-0.15, -0.1) is 0 Å². The number of nitro benzene ring substituents is 1. The summed E-state index contributed by atoms with van der Waals surface area (Å²) in [6, 6.07) is 4.02. The number of hydrogen-bond acceptors (Lipinski definition) is 5. The number of hydrogen-bond donors (Lipinski definition) is 2. The Balaban J connectivity index is 1.98. The van der Waals surface area contributed by atoms with Gasteiger partial charge in [-0.2, -0.15) is 11.8 Å². The molecule has 1 saturated heterocycles. The number of nitrogens with zero attached hydrogens (tertiary/aromatic N) is 1. The second-order valence-electron chi connectivity index (χ2n) is 4.38. The van der Waals surface area contributed by atoms with Crippen LogP contribution >= 0.6 is 11.8 Å². The Kier molecular flexibility index (Phi) is 4.26. The van der Waals surface area contributed by atoms with Crippen LogP contribution in [0.2, 0.25) is 0 Å². The zero-order valence-electron chi connectivity index (χ0n) is 10.3. The average Bonchev–Trinajstić information content (AvgIpc) is 2.88. The van der Waals surface area contributed by atoms with Gasteiger partial charge in [0.1, 0.15) is 5.69 Å². The van der Waals surface area contributed by atoms with Crippen molar-refractivity contribution < 1.29 is 9.72 Å². The number of thioether (sulfide) groups is 1. The van der Waals surface area contributed by atoms with E-state index in [0.717, 1.165) is 12.2 Å². The van der Waals surface area contributed by atoms with E-state index < -0.39 is 4.92 Å². The molecule has 1 aliphatic rings. The first kappa shape index (κ1) is 13.7. The maximum atomic E-state index is 11.9. The molecule has 7 heteroatoms. The molecule has 1 amide bonds. The fourth-order valence-electron chi connectivity index (χ4n) is 1.98. The van der Waals surface area contributed by atoms with E-state index in [-0.39, 0.29) is 17.3 Å². The summed E-state index contributed by atoms with van der Waals surface area (Å²) in [5, 5.41) is 13.9. The summed E-state index contributed by atoms with van der Waals surface area (Å²) in [5.41, 5.74) is 5.73. The molecular weight excluding hydrogens is 266 g/mol. The maximum absolute atomic E-state index is 11.9. The van der Waals surface area contributed by atoms with Crippen molar-refractivity contribution in [3.63, 3.8) is 0 Å². The lowest BCUT2D eigenvalue weighted by Gasteiger charge is -2.10. The minimum Gasteiger partial charge on any atom is -0.393 e. The van der Waals surface area contributed by atoms with Gasteiger partial charge in [-0.1, -0.05) is 0 Å². The Labute approximate surface area is 114 Å². The zero-order chi connectivity index (χ0) is 13.8. The van der Waals surface area contributed by atoms with Gasteiger partial charge in [0.25, 0.3) is 11.6 Å². The van der Waals surface area contributed by atoms with Gasteiger partial charge in [-0.3, -0.25) is 14.9 Å². The van der Waals surface area contributed by atoms with Crippen molar-refractivity contribution in [3.8, 4) is 0 Å². The molecule has 102 valence electrons. The van der Waals surface area contributed by atoms with Crippen LogP contribution in [0.1, 0.15) is 23.2 Å². The number of nitrogen functional groups attached to an aromatic ring is 1. The van der Waals surface area contributed by atoms with E-state index in [0.29, 0.717) is 17.4 Å². The number of nitrogens with two attached hydrogens (primary N) is 1. The lowest BCUT2D eigenvalue weighted by molar-refractivity contribution is -0.383. The van der Waals surface area contributed by atoms with Crippen molar-refractivity contribution in [2.24, 2.45) is 0 Å². The Morgan fingerprint density at radius 3 is 2.95 bits per heavy atom. The van der Waals surface area contributed by atoms with Crippen LogP contribution < -0.4 is 11.1 Å². The van der Waals surface area contributed by atoms with Crippen LogP contribution in [0.15, 0.2) is 18.2 Å². The normalized spacial score (nSPS) is 18.2. The molecule has 6 nitrogen and oxygen atoms in total. The number of benzene rings is 1. The minimum atomic E-state index is -0.563. The van der Waals surface area contributed by atoms with Crippen molar-refractivity contribution in [1.29, 1.82) is 0 Å². The van der Waals surface area contributed by atoms with E-state index in [1.165, 1.54) is 24.6 Å². The summed E-state index contributed by atoms with van der Waals surface area (Å²) in [7, 11) is 0. The highest BCUT2D eigenvalue weighted by molar-refractivity contribution is 8.00. The predicted molar refractivity (Wildman–Crippen MR) is 75.3 cm³/mol. The average molecular weight is 281 g/mol. The molecule has 0 saturated carbocycles. The Bertz CT molecular complexity index is 501. The smallest absolute Gasteiger partial charge is 0.292 e. The quantitative estimate of drug-likeness (QED) is 0.498. The summed E-state index contributed by atoms with van der Waals surface area (Å²) in [4.78, 5) is 22.0. The molecule has 0 aromatic heterocycles. The first-order chi connectivity index (χ1) is 9.08. The van der Waals surface area contributed by atoms with Gasteiger partial charge in [-0.05, 0) is 30.7 Å². The van der Waals surface area contributed by atoms with Crippen molar-refractivity contribution in [1.82, 2.24) is 5.32 Å². The monoisotopic (exact) mass is 281 g/mol. The molecule has 3 N–H and O–H groups in total. The summed E-state index contributed by atoms with van der Waals surface area (Å²) in [6.07, 6.45) is 2.31. The van der Waals surface area contributed by atoms with E-state index >= 15 is 0 Å². The highest BCUT2D eigenvalue weighted by Gasteiger charge is 2.18. The van der Waals surface area contributed by atoms with E-state index in [1.54, 1.807) is 0 Å². The lowest BCUT2D eigenvalue weighted by atomic mass is 10.1. The summed E-state index contributed by atoms with van der Waals surface area (Å²) in [5.74, 6) is 0.902. The number of carbonyl (C=O) groups excluding carboxylic acids is 1. The van der Waals surface area contributed by atoms with Gasteiger partial charge < -0.3 is 11.1 Å². The fourth-order valence-corrected chi connectivity index (χ4v) is 3.18. The summed E-state index contributed by atoms with van der Waals surface area (Å²) >= 11 is 1.86. The molecule has 0 aliphatic carbocycles. The molecule has 1 heterocycles. The Morgan fingerprint density at radius 1 is 1.58 bits per heavy atom. The maximum Gasteiger partial charge on any atom is 0.292 e. The molecule has 2 rings (SSSR count). The number of amides is 1.